The second-order valence-corrected chi connectivity index (χ2v) is 6.41. The minimum Gasteiger partial charge on any atom is -0.477 e. The summed E-state index contributed by atoms with van der Waals surface area (Å²) in [6.07, 6.45) is 0. The van der Waals surface area contributed by atoms with Gasteiger partial charge in [-0.3, -0.25) is 4.79 Å². The van der Waals surface area contributed by atoms with E-state index in [-0.39, 0.29) is 5.69 Å². The van der Waals surface area contributed by atoms with Crippen LogP contribution in [-0.2, 0) is 0 Å². The molecule has 0 amide bonds. The molecule has 1 heterocycles. The first kappa shape index (κ1) is 17.5. The molecule has 126 valence electrons. The standard InChI is InChI=1S/C17H9Cl3N2O3/c18-10-3-1-9(2-4-10)15-8-14(17(24)25)16(23)22(21-15)13-6-11(19)5-12(20)7-13/h1-8H,(H,24,25). The van der Waals surface area contributed by atoms with Gasteiger partial charge in [0.05, 0.1) is 11.4 Å². The van der Waals surface area contributed by atoms with Crippen molar-refractivity contribution < 1.29 is 9.90 Å². The van der Waals surface area contributed by atoms with Gasteiger partial charge in [0, 0.05) is 20.6 Å². The second-order valence-electron chi connectivity index (χ2n) is 5.10. The zero-order chi connectivity index (χ0) is 18.1. The third-order valence-corrected chi connectivity index (χ3v) is 4.06. The number of hydrogen-bond acceptors (Lipinski definition) is 3. The van der Waals surface area contributed by atoms with Gasteiger partial charge < -0.3 is 5.11 Å². The Morgan fingerprint density at radius 3 is 2.08 bits per heavy atom. The van der Waals surface area contributed by atoms with Crippen LogP contribution in [0.4, 0.5) is 0 Å². The van der Waals surface area contributed by atoms with Crippen molar-refractivity contribution in [2.45, 2.75) is 0 Å². The van der Waals surface area contributed by atoms with Gasteiger partial charge in [0.2, 0.25) is 0 Å². The lowest BCUT2D eigenvalue weighted by Gasteiger charge is -2.10. The topological polar surface area (TPSA) is 72.2 Å². The lowest BCUT2D eigenvalue weighted by Crippen LogP contribution is -2.27. The SMILES string of the molecule is O=C(O)c1cc(-c2ccc(Cl)cc2)nn(-c2cc(Cl)cc(Cl)c2)c1=O. The van der Waals surface area contributed by atoms with E-state index in [2.05, 4.69) is 5.10 Å². The molecule has 3 aromatic rings. The van der Waals surface area contributed by atoms with Crippen molar-refractivity contribution in [3.05, 3.63) is 79.5 Å². The summed E-state index contributed by atoms with van der Waals surface area (Å²) < 4.78 is 0.963. The fourth-order valence-electron chi connectivity index (χ4n) is 2.25. The maximum atomic E-state index is 12.5. The molecule has 25 heavy (non-hydrogen) atoms. The van der Waals surface area contributed by atoms with E-state index in [4.69, 9.17) is 34.8 Å². The van der Waals surface area contributed by atoms with Gasteiger partial charge in [0.1, 0.15) is 5.56 Å². The molecule has 0 saturated heterocycles. The fourth-order valence-corrected chi connectivity index (χ4v) is 2.89. The summed E-state index contributed by atoms with van der Waals surface area (Å²) in [6, 6.07) is 12.3. The molecule has 5 nitrogen and oxygen atoms in total. The molecule has 1 N–H and O–H groups in total. The van der Waals surface area contributed by atoms with Gasteiger partial charge in [-0.2, -0.15) is 9.78 Å². The zero-order valence-corrected chi connectivity index (χ0v) is 14.7. The molecule has 0 unspecified atom stereocenters. The number of aromatic nitrogens is 2. The fraction of sp³-hybridized carbons (Fsp3) is 0. The number of rotatable bonds is 3. The number of hydrogen-bond donors (Lipinski definition) is 1. The molecular formula is C17H9Cl3N2O3. The van der Waals surface area contributed by atoms with Crippen LogP contribution < -0.4 is 5.56 Å². The van der Waals surface area contributed by atoms with Crippen molar-refractivity contribution in [1.29, 1.82) is 0 Å². The lowest BCUT2D eigenvalue weighted by molar-refractivity contribution is 0.0694. The first-order valence-electron chi connectivity index (χ1n) is 6.95. The van der Waals surface area contributed by atoms with E-state index in [1.807, 2.05) is 0 Å². The van der Waals surface area contributed by atoms with E-state index in [1.165, 1.54) is 24.3 Å². The minimum absolute atomic E-state index is 0.265. The molecule has 0 saturated carbocycles. The maximum absolute atomic E-state index is 12.5. The first-order chi connectivity index (χ1) is 11.8. The number of carboxylic acids is 1. The Morgan fingerprint density at radius 2 is 1.52 bits per heavy atom. The molecule has 1 aromatic heterocycles. The molecule has 2 aromatic carbocycles. The third-order valence-electron chi connectivity index (χ3n) is 3.37. The van der Waals surface area contributed by atoms with Crippen LogP contribution in [0.25, 0.3) is 16.9 Å². The number of nitrogens with zero attached hydrogens (tertiary/aromatic N) is 2. The molecule has 3 rings (SSSR count). The molecule has 8 heteroatoms. The predicted molar refractivity (Wildman–Crippen MR) is 97.3 cm³/mol. The molecule has 0 aliphatic heterocycles. The Balaban J connectivity index is 2.29. The summed E-state index contributed by atoms with van der Waals surface area (Å²) in [5.74, 6) is -1.36. The average molecular weight is 396 g/mol. The highest BCUT2D eigenvalue weighted by atomic mass is 35.5. The third kappa shape index (κ3) is 3.69. The molecule has 0 spiro atoms. The second kappa shape index (κ2) is 6.88. The first-order valence-corrected chi connectivity index (χ1v) is 8.08. The van der Waals surface area contributed by atoms with Gasteiger partial charge >= 0.3 is 5.97 Å². The van der Waals surface area contributed by atoms with Crippen molar-refractivity contribution in [2.75, 3.05) is 0 Å². The van der Waals surface area contributed by atoms with Gasteiger partial charge in [-0.15, -0.1) is 0 Å². The quantitative estimate of drug-likeness (QED) is 0.706. The summed E-state index contributed by atoms with van der Waals surface area (Å²) in [5, 5.41) is 14.7. The summed E-state index contributed by atoms with van der Waals surface area (Å²) in [6.45, 7) is 0. The van der Waals surface area contributed by atoms with Crippen LogP contribution in [0.3, 0.4) is 0 Å². The number of halogens is 3. The number of benzene rings is 2. The Morgan fingerprint density at radius 1 is 0.920 bits per heavy atom. The minimum atomic E-state index is -1.36. The van der Waals surface area contributed by atoms with Crippen molar-refractivity contribution in [2.24, 2.45) is 0 Å². The van der Waals surface area contributed by atoms with Gasteiger partial charge in [0.15, 0.2) is 0 Å². The van der Waals surface area contributed by atoms with Gasteiger partial charge in [0.25, 0.3) is 5.56 Å². The van der Waals surface area contributed by atoms with Crippen LogP contribution in [0.15, 0.2) is 53.3 Å². The van der Waals surface area contributed by atoms with E-state index in [1.54, 1.807) is 24.3 Å². The summed E-state index contributed by atoms with van der Waals surface area (Å²) in [5.41, 5.74) is -0.0426. The Bertz CT molecular complexity index is 1010. The molecule has 0 fully saturated rings. The van der Waals surface area contributed by atoms with E-state index in [9.17, 15) is 14.7 Å². The monoisotopic (exact) mass is 394 g/mol. The van der Waals surface area contributed by atoms with Gasteiger partial charge in [-0.05, 0) is 36.4 Å². The molecule has 0 radical (unpaired) electrons. The Hall–Kier alpha value is -2.34. The predicted octanol–water partition coefficient (Wildman–Crippen LogP) is 4.56. The number of aromatic carboxylic acids is 1. The van der Waals surface area contributed by atoms with Crippen LogP contribution in [0.1, 0.15) is 10.4 Å². The Kier molecular flexibility index (Phi) is 4.81. The van der Waals surface area contributed by atoms with Gasteiger partial charge in [-0.1, -0.05) is 46.9 Å². The van der Waals surface area contributed by atoms with Crippen LogP contribution in [-0.4, -0.2) is 20.9 Å². The number of carboxylic acid groups (broad SMARTS) is 1. The van der Waals surface area contributed by atoms with Crippen molar-refractivity contribution in [3.8, 4) is 16.9 Å². The normalized spacial score (nSPS) is 10.7. The van der Waals surface area contributed by atoms with Crippen molar-refractivity contribution in [3.63, 3.8) is 0 Å². The van der Waals surface area contributed by atoms with Crippen LogP contribution >= 0.6 is 34.8 Å². The van der Waals surface area contributed by atoms with Crippen LogP contribution in [0, 0.1) is 0 Å². The summed E-state index contributed by atoms with van der Waals surface area (Å²) >= 11 is 17.8. The van der Waals surface area contributed by atoms with E-state index >= 15 is 0 Å². The summed E-state index contributed by atoms with van der Waals surface area (Å²) in [7, 11) is 0. The van der Waals surface area contributed by atoms with Gasteiger partial charge in [-0.25, -0.2) is 4.79 Å². The molecule has 0 atom stereocenters. The van der Waals surface area contributed by atoms with E-state index in [0.717, 1.165) is 4.68 Å². The zero-order valence-electron chi connectivity index (χ0n) is 12.4. The largest absolute Gasteiger partial charge is 0.477 e. The molecule has 0 aliphatic rings. The average Bonchev–Trinajstić information content (AvgIpc) is 2.54. The lowest BCUT2D eigenvalue weighted by atomic mass is 10.1. The summed E-state index contributed by atoms with van der Waals surface area (Å²) in [4.78, 5) is 23.9. The molecular weight excluding hydrogens is 387 g/mol. The van der Waals surface area contributed by atoms with Crippen molar-refractivity contribution >= 4 is 40.8 Å². The van der Waals surface area contributed by atoms with Crippen LogP contribution in [0.2, 0.25) is 15.1 Å². The highest BCUT2D eigenvalue weighted by Crippen LogP contribution is 2.23. The Labute approximate surface area is 157 Å². The molecule has 0 aliphatic carbocycles. The van der Waals surface area contributed by atoms with Crippen molar-refractivity contribution in [1.82, 2.24) is 9.78 Å². The molecule has 0 bridgehead atoms. The maximum Gasteiger partial charge on any atom is 0.341 e. The highest BCUT2D eigenvalue weighted by molar-refractivity contribution is 6.34. The highest BCUT2D eigenvalue weighted by Gasteiger charge is 2.17. The van der Waals surface area contributed by atoms with E-state index < -0.39 is 17.1 Å². The smallest absolute Gasteiger partial charge is 0.341 e. The number of carbonyl (C=O) groups is 1. The van der Waals surface area contributed by atoms with E-state index in [0.29, 0.717) is 26.3 Å². The van der Waals surface area contributed by atoms with Crippen LogP contribution in [0.5, 0.6) is 0 Å².